The molecule has 1 saturated carbocycles. The second-order valence-corrected chi connectivity index (χ2v) is 18.5. The maximum absolute atomic E-state index is 14.6. The number of carbonyl (C=O) groups is 4. The number of ether oxygens (including phenoxy) is 2. The smallest absolute Gasteiger partial charge is 0.408 e. The van der Waals surface area contributed by atoms with Gasteiger partial charge in [0.05, 0.1) is 17.6 Å². The van der Waals surface area contributed by atoms with Crippen LogP contribution < -0.4 is 20.1 Å². The molecule has 2 aliphatic heterocycles. The van der Waals surface area contributed by atoms with Crippen LogP contribution in [0.4, 0.5) is 4.79 Å². The molecule has 0 bridgehead atoms. The highest BCUT2D eigenvalue weighted by atomic mass is 32.2. The van der Waals surface area contributed by atoms with E-state index < -0.39 is 69.3 Å². The standard InChI is InChI=1S/C41H55N7O8S/c1-26(2)48-33-21-20-28(27-16-12-11-13-17-27)22-32(33)42-38(48)55-30-23-34-35(49)44-41(37(51)45-57(53,54)46(6)7)24-29(41)18-14-9-8-10-15-19-31(36(50)47(34)25-30)43-39(52)56-40(3,4)5/h11-14,16-18,20-22,26,29-31,34H,8-10,15,19,23-25H2,1-7H3,(H,43,52)(H,44,49)(H,45,51)/t29-,30-,31+,34+,41-/m1/s1. The number of carbonyl (C=O) groups excluding carboxylic acids is 4. The summed E-state index contributed by atoms with van der Waals surface area (Å²) in [6.07, 6.45) is 5.68. The zero-order valence-electron chi connectivity index (χ0n) is 33.8. The summed E-state index contributed by atoms with van der Waals surface area (Å²) in [7, 11) is -1.58. The third-order valence-corrected chi connectivity index (χ3v) is 12.0. The highest BCUT2D eigenvalue weighted by molar-refractivity contribution is 7.87. The Balaban J connectivity index is 1.34. The maximum Gasteiger partial charge on any atom is 0.408 e. The summed E-state index contributed by atoms with van der Waals surface area (Å²) in [5.74, 6) is -2.46. The molecule has 0 spiro atoms. The quantitative estimate of drug-likeness (QED) is 0.269. The number of rotatable bonds is 8. The molecule has 4 amide bonds. The fourth-order valence-corrected chi connectivity index (χ4v) is 8.13. The van der Waals surface area contributed by atoms with Crippen LogP contribution in [0.25, 0.3) is 22.2 Å². The second kappa shape index (κ2) is 16.5. The summed E-state index contributed by atoms with van der Waals surface area (Å²) in [6.45, 7) is 9.21. The van der Waals surface area contributed by atoms with Crippen LogP contribution >= 0.6 is 0 Å². The van der Waals surface area contributed by atoms with Gasteiger partial charge in [0.15, 0.2) is 0 Å². The van der Waals surface area contributed by atoms with E-state index in [2.05, 4.69) is 15.4 Å². The topological polar surface area (TPSA) is 181 Å². The van der Waals surface area contributed by atoms with Crippen molar-refractivity contribution < 1.29 is 37.1 Å². The number of hydrogen-bond donors (Lipinski definition) is 3. The number of nitrogens with one attached hydrogen (secondary N) is 3. The molecule has 6 rings (SSSR count). The molecule has 2 fully saturated rings. The molecular formula is C41H55N7O8S. The Morgan fingerprint density at radius 3 is 2.46 bits per heavy atom. The van der Waals surface area contributed by atoms with E-state index in [-0.39, 0.29) is 25.4 Å². The summed E-state index contributed by atoms with van der Waals surface area (Å²) >= 11 is 0. The molecule has 0 radical (unpaired) electrons. The van der Waals surface area contributed by atoms with Gasteiger partial charge in [0.1, 0.15) is 29.3 Å². The fraction of sp³-hybridized carbons (Fsp3) is 0.537. The van der Waals surface area contributed by atoms with E-state index in [0.29, 0.717) is 25.3 Å². The van der Waals surface area contributed by atoms with Crippen LogP contribution in [0, 0.1) is 5.92 Å². The van der Waals surface area contributed by atoms with Gasteiger partial charge in [0.25, 0.3) is 11.9 Å². The molecule has 3 N–H and O–H groups in total. The summed E-state index contributed by atoms with van der Waals surface area (Å²) in [4.78, 5) is 62.1. The molecule has 3 aliphatic rings. The molecule has 1 saturated heterocycles. The van der Waals surface area contributed by atoms with E-state index in [1.165, 1.54) is 19.0 Å². The van der Waals surface area contributed by atoms with Crippen LogP contribution in [-0.2, 0) is 29.3 Å². The number of aromatic nitrogens is 2. The lowest BCUT2D eigenvalue weighted by atomic mass is 10.0. The Bertz CT molecular complexity index is 2130. The average molecular weight is 806 g/mol. The molecule has 57 heavy (non-hydrogen) atoms. The van der Waals surface area contributed by atoms with E-state index in [4.69, 9.17) is 14.5 Å². The molecule has 3 heterocycles. The molecule has 3 aromatic rings. The lowest BCUT2D eigenvalue weighted by molar-refractivity contribution is -0.141. The Morgan fingerprint density at radius 1 is 1.04 bits per heavy atom. The van der Waals surface area contributed by atoms with Crippen LogP contribution in [0.1, 0.15) is 85.6 Å². The van der Waals surface area contributed by atoms with Crippen molar-refractivity contribution in [3.8, 4) is 17.1 Å². The monoisotopic (exact) mass is 805 g/mol. The van der Waals surface area contributed by atoms with Gasteiger partial charge in [-0.2, -0.15) is 17.7 Å². The minimum Gasteiger partial charge on any atom is -0.459 e. The van der Waals surface area contributed by atoms with Gasteiger partial charge >= 0.3 is 16.3 Å². The first-order chi connectivity index (χ1) is 26.9. The first kappa shape index (κ1) is 41.7. The highest BCUT2D eigenvalue weighted by Gasteiger charge is 2.61. The molecule has 1 aliphatic carbocycles. The summed E-state index contributed by atoms with van der Waals surface area (Å²) in [5, 5.41) is 5.62. The van der Waals surface area contributed by atoms with E-state index in [1.54, 1.807) is 20.8 Å². The van der Waals surface area contributed by atoms with Crippen molar-refractivity contribution in [1.29, 1.82) is 0 Å². The number of imidazole rings is 1. The van der Waals surface area contributed by atoms with E-state index >= 15 is 0 Å². The normalized spacial score (nSPS) is 24.6. The first-order valence-electron chi connectivity index (χ1n) is 19.7. The summed E-state index contributed by atoms with van der Waals surface area (Å²) < 4.78 is 42.6. The van der Waals surface area contributed by atoms with Crippen molar-refractivity contribution in [3.63, 3.8) is 0 Å². The minimum atomic E-state index is -4.17. The SMILES string of the molecule is CC(C)n1c(O[C@@H]2C[C@H]3C(=O)N[C@]4(C(=O)NS(=O)(=O)N(C)C)C[C@H]4C=CCCCCC[C@H](NC(=O)OC(C)(C)C)C(=O)N3C2)nc2cc(-c3ccccc3)ccc21. The molecule has 1 aromatic heterocycles. The molecule has 308 valence electrons. The van der Waals surface area contributed by atoms with E-state index in [9.17, 15) is 27.6 Å². The Kier molecular flexibility index (Phi) is 12.1. The number of allylic oxidation sites excluding steroid dienone is 1. The summed E-state index contributed by atoms with van der Waals surface area (Å²) in [6, 6.07) is 14.1. The van der Waals surface area contributed by atoms with Crippen molar-refractivity contribution in [1.82, 2.24) is 34.1 Å². The van der Waals surface area contributed by atoms with Gasteiger partial charge < -0.3 is 25.0 Å². The Morgan fingerprint density at radius 2 is 1.77 bits per heavy atom. The van der Waals surface area contributed by atoms with Gasteiger partial charge in [0, 0.05) is 32.5 Å². The van der Waals surface area contributed by atoms with Gasteiger partial charge in [-0.3, -0.25) is 19.0 Å². The predicted octanol–water partition coefficient (Wildman–Crippen LogP) is 4.84. The predicted molar refractivity (Wildman–Crippen MR) is 215 cm³/mol. The molecular weight excluding hydrogens is 751 g/mol. The zero-order chi connectivity index (χ0) is 41.3. The molecule has 16 heteroatoms. The third kappa shape index (κ3) is 9.44. The second-order valence-electron chi connectivity index (χ2n) is 16.7. The van der Waals surface area contributed by atoms with Gasteiger partial charge in [-0.15, -0.1) is 0 Å². The number of hydrogen-bond acceptors (Lipinski definition) is 9. The minimum absolute atomic E-state index is 0.0163. The largest absolute Gasteiger partial charge is 0.459 e. The van der Waals surface area contributed by atoms with Crippen LogP contribution in [0.5, 0.6) is 6.01 Å². The van der Waals surface area contributed by atoms with Crippen molar-refractivity contribution in [2.45, 2.75) is 115 Å². The van der Waals surface area contributed by atoms with Crippen molar-refractivity contribution in [2.24, 2.45) is 5.92 Å². The van der Waals surface area contributed by atoms with Gasteiger partial charge in [-0.25, -0.2) is 9.52 Å². The van der Waals surface area contributed by atoms with Crippen molar-refractivity contribution in [3.05, 3.63) is 60.7 Å². The molecule has 0 unspecified atom stereocenters. The zero-order valence-corrected chi connectivity index (χ0v) is 34.6. The van der Waals surface area contributed by atoms with E-state index in [0.717, 1.165) is 39.3 Å². The Labute approximate surface area is 334 Å². The average Bonchev–Trinajstić information content (AvgIpc) is 3.47. The van der Waals surface area contributed by atoms with Gasteiger partial charge in [0.2, 0.25) is 11.8 Å². The third-order valence-electron chi connectivity index (χ3n) is 10.6. The van der Waals surface area contributed by atoms with Crippen molar-refractivity contribution in [2.75, 3.05) is 20.6 Å². The number of nitrogens with zero attached hydrogens (tertiary/aromatic N) is 4. The lowest BCUT2D eigenvalue weighted by Gasteiger charge is -2.30. The molecule has 5 atom stereocenters. The van der Waals surface area contributed by atoms with Crippen LogP contribution in [0.3, 0.4) is 0 Å². The number of benzene rings is 2. The molecule has 2 aromatic carbocycles. The van der Waals surface area contributed by atoms with Gasteiger partial charge in [-0.05, 0) is 83.6 Å². The number of fused-ring (bicyclic) bond motifs is 3. The first-order valence-corrected chi connectivity index (χ1v) is 21.1. The van der Waals surface area contributed by atoms with Crippen LogP contribution in [-0.4, -0.2) is 101 Å². The van der Waals surface area contributed by atoms with Gasteiger partial charge in [-0.1, -0.05) is 61.4 Å². The summed E-state index contributed by atoms with van der Waals surface area (Å²) in [5.41, 5.74) is 1.24. The van der Waals surface area contributed by atoms with Crippen LogP contribution in [0.2, 0.25) is 0 Å². The van der Waals surface area contributed by atoms with E-state index in [1.807, 2.05) is 79.1 Å². The maximum atomic E-state index is 14.6. The number of amides is 4. The number of alkyl carbamates (subject to hydrolysis) is 1. The lowest BCUT2D eigenvalue weighted by Crippen LogP contribution is -2.58. The fourth-order valence-electron chi connectivity index (χ4n) is 7.53. The van der Waals surface area contributed by atoms with Crippen LogP contribution in [0.15, 0.2) is 60.7 Å². The highest BCUT2D eigenvalue weighted by Crippen LogP contribution is 2.46. The Hall–Kier alpha value is -4.96. The molecule has 15 nitrogen and oxygen atoms in total. The van der Waals surface area contributed by atoms with Crippen molar-refractivity contribution >= 4 is 45.1 Å².